The average Bonchev–Trinajstić information content (AvgIpc) is 2.76. The summed E-state index contributed by atoms with van der Waals surface area (Å²) in [4.78, 5) is 0. The van der Waals surface area contributed by atoms with Crippen LogP contribution in [0.4, 0.5) is 0 Å². The molecule has 1 fully saturated rings. The molecule has 0 saturated carbocycles. The van der Waals surface area contributed by atoms with Gasteiger partial charge < -0.3 is 10.1 Å². The van der Waals surface area contributed by atoms with Crippen LogP contribution < -0.4 is 5.32 Å². The van der Waals surface area contributed by atoms with Gasteiger partial charge >= 0.3 is 0 Å². The summed E-state index contributed by atoms with van der Waals surface area (Å²) in [6.45, 7) is 7.64. The Balaban J connectivity index is 2.48. The summed E-state index contributed by atoms with van der Waals surface area (Å²) < 4.78 is 28.8. The third-order valence-electron chi connectivity index (χ3n) is 3.82. The molecule has 0 aromatic carbocycles. The van der Waals surface area contributed by atoms with Gasteiger partial charge in [0.05, 0.1) is 11.4 Å². The van der Waals surface area contributed by atoms with Crippen molar-refractivity contribution in [2.24, 2.45) is 0 Å². The van der Waals surface area contributed by atoms with Crippen molar-refractivity contribution < 1.29 is 13.2 Å². The van der Waals surface area contributed by atoms with Crippen LogP contribution in [0.5, 0.6) is 0 Å². The van der Waals surface area contributed by atoms with Gasteiger partial charge in [-0.25, -0.2) is 8.42 Å². The van der Waals surface area contributed by atoms with Gasteiger partial charge in [0.15, 0.2) is 0 Å². The SMILES string of the molecule is CCNC(CCCS(=O)(=O)CC)C1(C)CCCO1. The molecule has 2 atom stereocenters. The Hall–Kier alpha value is -0.130. The van der Waals surface area contributed by atoms with E-state index in [9.17, 15) is 8.42 Å². The largest absolute Gasteiger partial charge is 0.374 e. The van der Waals surface area contributed by atoms with Crippen LogP contribution in [0.2, 0.25) is 0 Å². The molecule has 0 spiro atoms. The van der Waals surface area contributed by atoms with Crippen LogP contribution in [0.25, 0.3) is 0 Å². The Kier molecular flexibility index (Phi) is 6.08. The maximum atomic E-state index is 11.5. The van der Waals surface area contributed by atoms with Crippen LogP contribution in [0.1, 0.15) is 46.5 Å². The number of sulfone groups is 1. The number of likely N-dealkylation sites (N-methyl/N-ethyl adjacent to an activating group) is 1. The Morgan fingerprint density at radius 2 is 2.11 bits per heavy atom. The van der Waals surface area contributed by atoms with Crippen LogP contribution in [0.3, 0.4) is 0 Å². The summed E-state index contributed by atoms with van der Waals surface area (Å²) >= 11 is 0. The number of nitrogens with one attached hydrogen (secondary N) is 1. The first-order valence-corrected chi connectivity index (χ1v) is 8.83. The Morgan fingerprint density at radius 1 is 1.39 bits per heavy atom. The van der Waals surface area contributed by atoms with Gasteiger partial charge in [-0.05, 0) is 39.2 Å². The van der Waals surface area contributed by atoms with Crippen molar-refractivity contribution in [3.8, 4) is 0 Å². The zero-order valence-electron chi connectivity index (χ0n) is 11.9. The van der Waals surface area contributed by atoms with Gasteiger partial charge in [-0.3, -0.25) is 0 Å². The molecule has 2 unspecified atom stereocenters. The van der Waals surface area contributed by atoms with Crippen molar-refractivity contribution in [1.29, 1.82) is 0 Å². The summed E-state index contributed by atoms with van der Waals surface area (Å²) in [7, 11) is -2.84. The van der Waals surface area contributed by atoms with Crippen molar-refractivity contribution >= 4 is 9.84 Å². The number of hydrogen-bond acceptors (Lipinski definition) is 4. The third-order valence-corrected chi connectivity index (χ3v) is 5.62. The predicted molar refractivity (Wildman–Crippen MR) is 74.6 cm³/mol. The van der Waals surface area contributed by atoms with E-state index in [4.69, 9.17) is 4.74 Å². The lowest BCUT2D eigenvalue weighted by molar-refractivity contribution is -0.0135. The van der Waals surface area contributed by atoms with Gasteiger partial charge in [0.25, 0.3) is 0 Å². The first-order valence-electron chi connectivity index (χ1n) is 7.01. The predicted octanol–water partition coefficient (Wildman–Crippen LogP) is 1.75. The summed E-state index contributed by atoms with van der Waals surface area (Å²) in [5.74, 6) is 0.536. The van der Waals surface area contributed by atoms with Gasteiger partial charge in [-0.15, -0.1) is 0 Å². The number of hydrogen-bond donors (Lipinski definition) is 1. The highest BCUT2D eigenvalue weighted by Gasteiger charge is 2.37. The van der Waals surface area contributed by atoms with Crippen LogP contribution >= 0.6 is 0 Å². The molecular weight excluding hydrogens is 250 g/mol. The summed E-state index contributed by atoms with van der Waals surface area (Å²) in [5.41, 5.74) is -0.119. The van der Waals surface area contributed by atoms with Crippen LogP contribution in [-0.4, -0.2) is 44.7 Å². The summed E-state index contributed by atoms with van der Waals surface area (Å²) in [6.07, 6.45) is 3.74. The topological polar surface area (TPSA) is 55.4 Å². The van der Waals surface area contributed by atoms with Crippen molar-refractivity contribution in [1.82, 2.24) is 5.32 Å². The monoisotopic (exact) mass is 277 g/mol. The first-order chi connectivity index (χ1) is 8.43. The molecule has 1 N–H and O–H groups in total. The Bertz CT molecular complexity index is 334. The molecule has 0 aromatic heterocycles. The molecule has 108 valence electrons. The van der Waals surface area contributed by atoms with E-state index in [1.807, 2.05) is 0 Å². The molecule has 1 aliphatic rings. The Labute approximate surface area is 111 Å². The molecule has 4 nitrogen and oxygen atoms in total. The molecule has 1 saturated heterocycles. The van der Waals surface area contributed by atoms with E-state index in [0.29, 0.717) is 12.2 Å². The van der Waals surface area contributed by atoms with Crippen LogP contribution in [-0.2, 0) is 14.6 Å². The normalized spacial score (nSPS) is 26.4. The van der Waals surface area contributed by atoms with E-state index in [2.05, 4.69) is 19.2 Å². The lowest BCUT2D eigenvalue weighted by Gasteiger charge is -2.34. The van der Waals surface area contributed by atoms with Gasteiger partial charge in [0.1, 0.15) is 9.84 Å². The van der Waals surface area contributed by atoms with E-state index < -0.39 is 9.84 Å². The summed E-state index contributed by atoms with van der Waals surface area (Å²) in [6, 6.07) is 0.261. The molecule has 1 heterocycles. The lowest BCUT2D eigenvalue weighted by atomic mass is 9.90. The van der Waals surface area contributed by atoms with Gasteiger partial charge in [0, 0.05) is 18.4 Å². The average molecular weight is 277 g/mol. The molecule has 1 aliphatic heterocycles. The maximum Gasteiger partial charge on any atom is 0.150 e. The van der Waals surface area contributed by atoms with E-state index in [-0.39, 0.29) is 17.4 Å². The Morgan fingerprint density at radius 3 is 2.61 bits per heavy atom. The number of rotatable bonds is 8. The molecule has 1 rings (SSSR count). The quantitative estimate of drug-likeness (QED) is 0.734. The fraction of sp³-hybridized carbons (Fsp3) is 1.00. The molecule has 0 amide bonds. The molecule has 5 heteroatoms. The second kappa shape index (κ2) is 6.87. The molecule has 0 radical (unpaired) electrons. The fourth-order valence-electron chi connectivity index (χ4n) is 2.60. The van der Waals surface area contributed by atoms with Crippen LogP contribution in [0.15, 0.2) is 0 Å². The molecule has 0 aliphatic carbocycles. The first kappa shape index (κ1) is 15.9. The zero-order valence-corrected chi connectivity index (χ0v) is 12.7. The maximum absolute atomic E-state index is 11.5. The van der Waals surface area contributed by atoms with Gasteiger partial charge in [-0.1, -0.05) is 13.8 Å². The molecule has 18 heavy (non-hydrogen) atoms. The molecular formula is C13H27NO3S. The van der Waals surface area contributed by atoms with Crippen molar-refractivity contribution in [3.63, 3.8) is 0 Å². The number of ether oxygens (including phenoxy) is 1. The van der Waals surface area contributed by atoms with Crippen LogP contribution in [0, 0.1) is 0 Å². The minimum absolute atomic E-state index is 0.119. The van der Waals surface area contributed by atoms with E-state index in [0.717, 1.165) is 32.4 Å². The smallest absolute Gasteiger partial charge is 0.150 e. The second-order valence-electron chi connectivity index (χ2n) is 5.25. The van der Waals surface area contributed by atoms with Crippen molar-refractivity contribution in [3.05, 3.63) is 0 Å². The zero-order chi connectivity index (χ0) is 13.6. The highest BCUT2D eigenvalue weighted by molar-refractivity contribution is 7.91. The minimum atomic E-state index is -2.84. The fourth-order valence-corrected chi connectivity index (χ4v) is 3.49. The molecule has 0 aromatic rings. The highest BCUT2D eigenvalue weighted by Crippen LogP contribution is 2.30. The van der Waals surface area contributed by atoms with Gasteiger partial charge in [-0.2, -0.15) is 0 Å². The van der Waals surface area contributed by atoms with Gasteiger partial charge in [0.2, 0.25) is 0 Å². The van der Waals surface area contributed by atoms with E-state index in [1.54, 1.807) is 6.92 Å². The van der Waals surface area contributed by atoms with E-state index >= 15 is 0 Å². The minimum Gasteiger partial charge on any atom is -0.374 e. The standard InChI is InChI=1S/C13H27NO3S/c1-4-14-12(13(3)9-7-10-17-13)8-6-11-18(15,16)5-2/h12,14H,4-11H2,1-3H3. The third kappa shape index (κ3) is 4.52. The van der Waals surface area contributed by atoms with Crippen molar-refractivity contribution in [2.75, 3.05) is 24.7 Å². The molecule has 0 bridgehead atoms. The lowest BCUT2D eigenvalue weighted by Crippen LogP contribution is -2.48. The van der Waals surface area contributed by atoms with E-state index in [1.165, 1.54) is 0 Å². The van der Waals surface area contributed by atoms with Crippen molar-refractivity contribution in [2.45, 2.75) is 58.1 Å². The second-order valence-corrected chi connectivity index (χ2v) is 7.73. The summed E-state index contributed by atoms with van der Waals surface area (Å²) in [5, 5.41) is 3.45. The highest BCUT2D eigenvalue weighted by atomic mass is 32.2.